The average molecular weight is 260 g/mol. The van der Waals surface area contributed by atoms with Crippen molar-refractivity contribution in [3.05, 3.63) is 11.9 Å². The Morgan fingerprint density at radius 2 is 1.78 bits per heavy atom. The Bertz CT molecular complexity index is 448. The molecule has 5 aliphatic rings. The van der Waals surface area contributed by atoms with E-state index in [1.165, 1.54) is 61.7 Å². The molecule has 1 aromatic heterocycles. The van der Waals surface area contributed by atoms with Crippen molar-refractivity contribution in [3.8, 4) is 0 Å². The summed E-state index contributed by atoms with van der Waals surface area (Å²) < 4.78 is 2.40. The summed E-state index contributed by atoms with van der Waals surface area (Å²) in [6.45, 7) is 1.18. The summed E-state index contributed by atoms with van der Waals surface area (Å²) in [5.74, 6) is 4.31. The van der Waals surface area contributed by atoms with Crippen LogP contribution in [0.25, 0.3) is 0 Å². The molecule has 0 aromatic carbocycles. The van der Waals surface area contributed by atoms with Gasteiger partial charge in [0.15, 0.2) is 5.16 Å². The minimum absolute atomic E-state index is 0.493. The molecule has 1 aromatic rings. The van der Waals surface area contributed by atoms with Crippen LogP contribution < -0.4 is 0 Å². The summed E-state index contributed by atoms with van der Waals surface area (Å²) in [5.41, 5.74) is 1.95. The third-order valence-corrected chi connectivity index (χ3v) is 6.86. The topological polar surface area (TPSA) is 17.8 Å². The first-order chi connectivity index (χ1) is 8.81. The van der Waals surface area contributed by atoms with Crippen molar-refractivity contribution in [1.82, 2.24) is 9.55 Å². The van der Waals surface area contributed by atoms with E-state index < -0.39 is 0 Å². The van der Waals surface area contributed by atoms with E-state index in [0.29, 0.717) is 5.41 Å². The Balaban J connectivity index is 1.58. The van der Waals surface area contributed by atoms with Crippen molar-refractivity contribution in [1.29, 1.82) is 0 Å². The second-order valence-corrected chi connectivity index (χ2v) is 8.21. The minimum Gasteiger partial charge on any atom is -0.325 e. The molecule has 4 saturated carbocycles. The van der Waals surface area contributed by atoms with Crippen LogP contribution in [0.15, 0.2) is 11.4 Å². The summed E-state index contributed by atoms with van der Waals surface area (Å²) in [6.07, 6.45) is 11.3. The van der Waals surface area contributed by atoms with Gasteiger partial charge in [-0.3, -0.25) is 0 Å². The van der Waals surface area contributed by atoms with Crippen LogP contribution in [0.4, 0.5) is 0 Å². The number of hydrogen-bond donors (Lipinski definition) is 0. The molecule has 0 atom stereocenters. The van der Waals surface area contributed by atoms with Gasteiger partial charge in [0.25, 0.3) is 0 Å². The maximum atomic E-state index is 5.01. The third kappa shape index (κ3) is 1.29. The maximum Gasteiger partial charge on any atom is 0.168 e. The molecule has 0 saturated heterocycles. The second-order valence-electron chi connectivity index (χ2n) is 7.15. The standard InChI is InChI=1S/C15H20N2S/c1-2-18-14-16-13(9-17(1)14)15-6-10-3-11(7-15)5-12(4-10)8-15/h9-12H,1-8H2. The van der Waals surface area contributed by atoms with Gasteiger partial charge < -0.3 is 4.57 Å². The van der Waals surface area contributed by atoms with Gasteiger partial charge in [-0.1, -0.05) is 11.8 Å². The molecular formula is C15H20N2S. The number of fused-ring (bicyclic) bond motifs is 1. The van der Waals surface area contributed by atoms with E-state index in [2.05, 4.69) is 10.8 Å². The van der Waals surface area contributed by atoms with Gasteiger partial charge in [-0.15, -0.1) is 0 Å². The normalized spacial score (nSPS) is 44.6. The fraction of sp³-hybridized carbons (Fsp3) is 0.800. The van der Waals surface area contributed by atoms with E-state index in [1.807, 2.05) is 11.8 Å². The van der Waals surface area contributed by atoms with Crippen LogP contribution in [0.1, 0.15) is 44.2 Å². The molecule has 18 heavy (non-hydrogen) atoms. The number of aromatic nitrogens is 2. The largest absolute Gasteiger partial charge is 0.325 e. The predicted octanol–water partition coefficient (Wildman–Crippen LogP) is 3.46. The smallest absolute Gasteiger partial charge is 0.168 e. The van der Waals surface area contributed by atoms with Crippen LogP contribution in [0, 0.1) is 17.8 Å². The van der Waals surface area contributed by atoms with Crippen LogP contribution in [0.3, 0.4) is 0 Å². The monoisotopic (exact) mass is 260 g/mol. The van der Waals surface area contributed by atoms with E-state index in [-0.39, 0.29) is 0 Å². The highest BCUT2D eigenvalue weighted by Crippen LogP contribution is 2.60. The Labute approximate surface area is 113 Å². The molecule has 6 rings (SSSR count). The zero-order chi connectivity index (χ0) is 11.7. The molecule has 4 aliphatic carbocycles. The summed E-state index contributed by atoms with van der Waals surface area (Å²) in [6, 6.07) is 0. The molecule has 2 nitrogen and oxygen atoms in total. The molecule has 0 spiro atoms. The van der Waals surface area contributed by atoms with Gasteiger partial charge in [0, 0.05) is 23.9 Å². The summed E-state index contributed by atoms with van der Waals surface area (Å²) in [7, 11) is 0. The molecule has 4 fully saturated rings. The van der Waals surface area contributed by atoms with E-state index in [1.54, 1.807) is 0 Å². The van der Waals surface area contributed by atoms with Gasteiger partial charge in [-0.05, 0) is 56.3 Å². The molecular weight excluding hydrogens is 240 g/mol. The maximum absolute atomic E-state index is 5.01. The number of rotatable bonds is 1. The lowest BCUT2D eigenvalue weighted by Gasteiger charge is -2.56. The quantitative estimate of drug-likeness (QED) is 0.769. The first kappa shape index (κ1) is 10.4. The Morgan fingerprint density at radius 3 is 2.39 bits per heavy atom. The fourth-order valence-corrected chi connectivity index (χ4v) is 6.53. The summed E-state index contributed by atoms with van der Waals surface area (Å²) in [5, 5.41) is 1.29. The molecule has 0 N–H and O–H groups in total. The van der Waals surface area contributed by atoms with Crippen molar-refractivity contribution < 1.29 is 0 Å². The van der Waals surface area contributed by atoms with Crippen molar-refractivity contribution >= 4 is 11.8 Å². The van der Waals surface area contributed by atoms with E-state index in [4.69, 9.17) is 4.98 Å². The zero-order valence-electron chi connectivity index (χ0n) is 10.8. The Hall–Kier alpha value is -0.440. The number of aryl methyl sites for hydroxylation is 1. The van der Waals surface area contributed by atoms with Crippen LogP contribution in [-0.2, 0) is 12.0 Å². The zero-order valence-corrected chi connectivity index (χ0v) is 11.6. The van der Waals surface area contributed by atoms with Crippen molar-refractivity contribution in [3.63, 3.8) is 0 Å². The molecule has 4 bridgehead atoms. The van der Waals surface area contributed by atoms with Crippen LogP contribution in [0.2, 0.25) is 0 Å². The molecule has 0 radical (unpaired) electrons. The lowest BCUT2D eigenvalue weighted by Crippen LogP contribution is -2.48. The van der Waals surface area contributed by atoms with E-state index >= 15 is 0 Å². The number of nitrogens with zero attached hydrogens (tertiary/aromatic N) is 2. The molecule has 0 unspecified atom stereocenters. The number of imidazole rings is 1. The first-order valence-electron chi connectivity index (χ1n) is 7.51. The second kappa shape index (κ2) is 3.36. The lowest BCUT2D eigenvalue weighted by atomic mass is 9.49. The van der Waals surface area contributed by atoms with E-state index in [9.17, 15) is 0 Å². The lowest BCUT2D eigenvalue weighted by molar-refractivity contribution is -0.00718. The summed E-state index contributed by atoms with van der Waals surface area (Å²) in [4.78, 5) is 5.01. The highest BCUT2D eigenvalue weighted by molar-refractivity contribution is 7.99. The number of thioether (sulfide) groups is 1. The van der Waals surface area contributed by atoms with Crippen LogP contribution in [-0.4, -0.2) is 15.3 Å². The van der Waals surface area contributed by atoms with Crippen LogP contribution in [0.5, 0.6) is 0 Å². The van der Waals surface area contributed by atoms with E-state index in [0.717, 1.165) is 17.8 Å². The SMILES string of the molecule is c1c(C23CC4CC(CC(C4)C2)C3)nc2n1CCS2. The predicted molar refractivity (Wildman–Crippen MR) is 72.8 cm³/mol. The first-order valence-corrected chi connectivity index (χ1v) is 8.50. The van der Waals surface area contributed by atoms with Crippen LogP contribution >= 0.6 is 11.8 Å². The Morgan fingerprint density at radius 1 is 1.11 bits per heavy atom. The van der Waals surface area contributed by atoms with Gasteiger partial charge in [0.2, 0.25) is 0 Å². The number of hydrogen-bond acceptors (Lipinski definition) is 2. The highest BCUT2D eigenvalue weighted by atomic mass is 32.2. The average Bonchev–Trinajstić information content (AvgIpc) is 2.86. The van der Waals surface area contributed by atoms with Gasteiger partial charge in [-0.25, -0.2) is 4.98 Å². The fourth-order valence-electron chi connectivity index (χ4n) is 5.59. The molecule has 96 valence electrons. The van der Waals surface area contributed by atoms with Gasteiger partial charge in [-0.2, -0.15) is 0 Å². The highest BCUT2D eigenvalue weighted by Gasteiger charge is 2.52. The van der Waals surface area contributed by atoms with Gasteiger partial charge in [0.05, 0.1) is 5.69 Å². The van der Waals surface area contributed by atoms with Crippen molar-refractivity contribution in [2.45, 2.75) is 55.6 Å². The van der Waals surface area contributed by atoms with Crippen molar-refractivity contribution in [2.24, 2.45) is 17.8 Å². The third-order valence-electron chi connectivity index (χ3n) is 5.88. The Kier molecular flexibility index (Phi) is 1.93. The molecule has 3 heteroatoms. The minimum atomic E-state index is 0.493. The van der Waals surface area contributed by atoms with Gasteiger partial charge in [0.1, 0.15) is 0 Å². The van der Waals surface area contributed by atoms with Crippen molar-refractivity contribution in [2.75, 3.05) is 5.75 Å². The molecule has 0 amide bonds. The molecule has 2 heterocycles. The van der Waals surface area contributed by atoms with Gasteiger partial charge >= 0.3 is 0 Å². The summed E-state index contributed by atoms with van der Waals surface area (Å²) >= 11 is 1.94. The molecule has 1 aliphatic heterocycles.